The number of hydrogen-bond acceptors (Lipinski definition) is 3. The van der Waals surface area contributed by atoms with Crippen molar-refractivity contribution in [3.63, 3.8) is 0 Å². The molecule has 1 N–H and O–H groups in total. The van der Waals surface area contributed by atoms with Gasteiger partial charge in [-0.1, -0.05) is 15.9 Å². The van der Waals surface area contributed by atoms with Crippen molar-refractivity contribution in [2.24, 2.45) is 0 Å². The van der Waals surface area contributed by atoms with Crippen LogP contribution in [-0.2, 0) is 0 Å². The lowest BCUT2D eigenvalue weighted by Crippen LogP contribution is -1.97. The fraction of sp³-hybridized carbons (Fsp3) is 0. The minimum atomic E-state index is 0.564. The normalized spacial score (nSPS) is 10.6. The molecule has 0 radical (unpaired) electrons. The molecule has 19 heavy (non-hydrogen) atoms. The number of aromatic nitrogens is 4. The summed E-state index contributed by atoms with van der Waals surface area (Å²) in [6.45, 7) is 0. The Bertz CT molecular complexity index is 746. The predicted molar refractivity (Wildman–Crippen MR) is 79.7 cm³/mol. The molecule has 0 saturated carbocycles. The number of pyridine rings is 1. The fourth-order valence-corrected chi connectivity index (χ4v) is 2.32. The molecule has 0 unspecified atom stereocenters. The van der Waals surface area contributed by atoms with Gasteiger partial charge in [-0.15, -0.1) is 0 Å². The van der Waals surface area contributed by atoms with Gasteiger partial charge in [-0.3, -0.25) is 14.6 Å². The summed E-state index contributed by atoms with van der Waals surface area (Å²) in [5, 5.41) is 7.12. The molecule has 2 heterocycles. The first-order valence-corrected chi connectivity index (χ1v) is 6.79. The van der Waals surface area contributed by atoms with Crippen LogP contribution in [0.2, 0.25) is 0 Å². The maximum absolute atomic E-state index is 5.31. The molecular weight excluding hydrogens is 324 g/mol. The van der Waals surface area contributed by atoms with Gasteiger partial charge in [-0.25, -0.2) is 0 Å². The SMILES string of the molecule is S=c1[nH]nc(-c2ccncc2)n1-c1ccc(Br)cc1. The van der Waals surface area contributed by atoms with Crippen LogP contribution in [0, 0.1) is 4.77 Å². The third-order valence-corrected chi connectivity index (χ3v) is 3.50. The molecule has 0 fully saturated rings. The van der Waals surface area contributed by atoms with E-state index < -0.39 is 0 Å². The lowest BCUT2D eigenvalue weighted by Gasteiger charge is -2.06. The van der Waals surface area contributed by atoms with Gasteiger partial charge in [-0.2, -0.15) is 5.10 Å². The summed E-state index contributed by atoms with van der Waals surface area (Å²) >= 11 is 8.73. The van der Waals surface area contributed by atoms with Crippen LogP contribution in [0.5, 0.6) is 0 Å². The number of aromatic amines is 1. The molecule has 0 amide bonds. The first-order chi connectivity index (χ1) is 9.25. The van der Waals surface area contributed by atoms with E-state index in [1.54, 1.807) is 12.4 Å². The van der Waals surface area contributed by atoms with Gasteiger partial charge in [-0.05, 0) is 48.6 Å². The predicted octanol–water partition coefficient (Wildman–Crippen LogP) is 3.75. The van der Waals surface area contributed by atoms with Gasteiger partial charge < -0.3 is 0 Å². The Labute approximate surface area is 123 Å². The second-order valence-corrected chi connectivity index (χ2v) is 5.20. The van der Waals surface area contributed by atoms with Crippen molar-refractivity contribution in [3.05, 3.63) is 58.0 Å². The van der Waals surface area contributed by atoms with Crippen LogP contribution in [0.1, 0.15) is 0 Å². The van der Waals surface area contributed by atoms with E-state index in [9.17, 15) is 0 Å². The van der Waals surface area contributed by atoms with Crippen molar-refractivity contribution < 1.29 is 0 Å². The maximum atomic E-state index is 5.31. The molecule has 6 heteroatoms. The summed E-state index contributed by atoms with van der Waals surface area (Å²) in [5.74, 6) is 0.773. The minimum absolute atomic E-state index is 0.564. The third kappa shape index (κ3) is 2.36. The van der Waals surface area contributed by atoms with Gasteiger partial charge in [0.2, 0.25) is 0 Å². The second kappa shape index (κ2) is 5.07. The number of hydrogen-bond donors (Lipinski definition) is 1. The number of H-pyrrole nitrogens is 1. The number of rotatable bonds is 2. The van der Waals surface area contributed by atoms with Gasteiger partial charge >= 0.3 is 0 Å². The van der Waals surface area contributed by atoms with E-state index >= 15 is 0 Å². The lowest BCUT2D eigenvalue weighted by atomic mass is 10.2. The monoisotopic (exact) mass is 332 g/mol. The third-order valence-electron chi connectivity index (χ3n) is 2.70. The molecule has 4 nitrogen and oxygen atoms in total. The summed E-state index contributed by atoms with van der Waals surface area (Å²) in [6, 6.07) is 11.7. The van der Waals surface area contributed by atoms with Gasteiger partial charge in [0.05, 0.1) is 5.69 Å². The molecule has 2 aromatic heterocycles. The number of benzene rings is 1. The molecule has 0 bridgehead atoms. The van der Waals surface area contributed by atoms with E-state index in [2.05, 4.69) is 31.1 Å². The molecule has 3 rings (SSSR count). The highest BCUT2D eigenvalue weighted by molar-refractivity contribution is 9.10. The van der Waals surface area contributed by atoms with E-state index in [1.165, 1.54) is 0 Å². The average Bonchev–Trinajstić information content (AvgIpc) is 2.83. The van der Waals surface area contributed by atoms with Crippen molar-refractivity contribution in [3.8, 4) is 17.1 Å². The lowest BCUT2D eigenvalue weighted by molar-refractivity contribution is 1.03. The smallest absolute Gasteiger partial charge is 0.200 e. The van der Waals surface area contributed by atoms with E-state index in [-0.39, 0.29) is 0 Å². The summed E-state index contributed by atoms with van der Waals surface area (Å²) < 4.78 is 3.49. The highest BCUT2D eigenvalue weighted by atomic mass is 79.9. The minimum Gasteiger partial charge on any atom is -0.268 e. The molecule has 0 spiro atoms. The van der Waals surface area contributed by atoms with Crippen LogP contribution in [0.4, 0.5) is 0 Å². The topological polar surface area (TPSA) is 46.5 Å². The van der Waals surface area contributed by atoms with E-state index in [0.29, 0.717) is 4.77 Å². The Balaban J connectivity index is 2.19. The van der Waals surface area contributed by atoms with Gasteiger partial charge in [0.15, 0.2) is 10.6 Å². The molecule has 94 valence electrons. The zero-order chi connectivity index (χ0) is 13.2. The van der Waals surface area contributed by atoms with Crippen molar-refractivity contribution in [2.45, 2.75) is 0 Å². The van der Waals surface area contributed by atoms with Crippen LogP contribution in [-0.4, -0.2) is 19.7 Å². The summed E-state index contributed by atoms with van der Waals surface area (Å²) in [4.78, 5) is 4.01. The summed E-state index contributed by atoms with van der Waals surface area (Å²) in [5.41, 5.74) is 1.93. The number of nitrogens with one attached hydrogen (secondary N) is 1. The molecule has 3 aromatic rings. The zero-order valence-corrected chi connectivity index (χ0v) is 12.1. The number of nitrogens with zero attached hydrogens (tertiary/aromatic N) is 3. The van der Waals surface area contributed by atoms with Crippen LogP contribution >= 0.6 is 28.1 Å². The molecular formula is C13H9BrN4S. The van der Waals surface area contributed by atoms with Gasteiger partial charge in [0.25, 0.3) is 0 Å². The van der Waals surface area contributed by atoms with Crippen molar-refractivity contribution >= 4 is 28.1 Å². The Kier molecular flexibility index (Phi) is 3.27. The summed E-state index contributed by atoms with van der Waals surface area (Å²) in [6.07, 6.45) is 3.47. The standard InChI is InChI=1S/C13H9BrN4S/c14-10-1-3-11(4-2-10)18-12(16-17-13(18)19)9-5-7-15-8-6-9/h1-8H,(H,17,19). The van der Waals surface area contributed by atoms with Crippen molar-refractivity contribution in [1.29, 1.82) is 0 Å². The average molecular weight is 333 g/mol. The first kappa shape index (κ1) is 12.3. The Morgan fingerprint density at radius 2 is 1.74 bits per heavy atom. The van der Waals surface area contributed by atoms with E-state index in [1.807, 2.05) is 41.0 Å². The molecule has 1 aromatic carbocycles. The van der Waals surface area contributed by atoms with Gasteiger partial charge in [0.1, 0.15) is 0 Å². The first-order valence-electron chi connectivity index (χ1n) is 5.59. The highest BCUT2D eigenvalue weighted by Crippen LogP contribution is 2.22. The Hall–Kier alpha value is -1.79. The maximum Gasteiger partial charge on any atom is 0.200 e. The van der Waals surface area contributed by atoms with Crippen LogP contribution in [0.25, 0.3) is 17.1 Å². The Morgan fingerprint density at radius 3 is 2.42 bits per heavy atom. The highest BCUT2D eigenvalue weighted by Gasteiger charge is 2.10. The summed E-state index contributed by atoms with van der Waals surface area (Å²) in [7, 11) is 0. The molecule has 0 saturated heterocycles. The largest absolute Gasteiger partial charge is 0.268 e. The van der Waals surface area contributed by atoms with Crippen LogP contribution in [0.15, 0.2) is 53.3 Å². The zero-order valence-electron chi connectivity index (χ0n) is 9.75. The van der Waals surface area contributed by atoms with Gasteiger partial charge in [0, 0.05) is 22.4 Å². The second-order valence-electron chi connectivity index (χ2n) is 3.90. The van der Waals surface area contributed by atoms with E-state index in [4.69, 9.17) is 12.2 Å². The quantitative estimate of drug-likeness (QED) is 0.727. The Morgan fingerprint density at radius 1 is 1.05 bits per heavy atom. The molecule has 0 aliphatic carbocycles. The van der Waals surface area contributed by atoms with Crippen molar-refractivity contribution in [2.75, 3.05) is 0 Å². The number of halogens is 1. The molecule has 0 aliphatic rings. The van der Waals surface area contributed by atoms with Crippen molar-refractivity contribution in [1.82, 2.24) is 19.7 Å². The molecule has 0 atom stereocenters. The molecule has 0 aliphatic heterocycles. The fourth-order valence-electron chi connectivity index (χ4n) is 1.82. The van der Waals surface area contributed by atoms with Crippen LogP contribution < -0.4 is 0 Å². The van der Waals surface area contributed by atoms with E-state index in [0.717, 1.165) is 21.5 Å². The van der Waals surface area contributed by atoms with Crippen LogP contribution in [0.3, 0.4) is 0 Å².